The van der Waals surface area contributed by atoms with Crippen molar-refractivity contribution in [2.75, 3.05) is 0 Å². The van der Waals surface area contributed by atoms with E-state index in [9.17, 15) is 13.6 Å². The number of rotatable bonds is 7. The van der Waals surface area contributed by atoms with Crippen LogP contribution in [0.25, 0.3) is 27.9 Å². The number of halogens is 3. The Morgan fingerprint density at radius 2 is 1.95 bits per heavy atom. The number of nitrogens with zero attached hydrogens (tertiary/aromatic N) is 7. The van der Waals surface area contributed by atoms with Gasteiger partial charge in [-0.2, -0.15) is 15.2 Å². The molecule has 4 heterocycles. The SMILES string of the molecule is Cn1cc(-c2cc3c(-c4ccc(CNC(=O)c5nc(C(C)(C)C)no5)c(CC(F)F)c4F)ncnn3c2)cn1. The summed E-state index contributed by atoms with van der Waals surface area (Å²) in [6, 6.07) is 4.73. The first-order valence-electron chi connectivity index (χ1n) is 12.0. The molecule has 39 heavy (non-hydrogen) atoms. The van der Waals surface area contributed by atoms with Crippen molar-refractivity contribution in [3.05, 3.63) is 71.8 Å². The fourth-order valence-electron chi connectivity index (χ4n) is 4.12. The molecule has 1 N–H and O–H groups in total. The van der Waals surface area contributed by atoms with Gasteiger partial charge in [0.2, 0.25) is 6.43 Å². The summed E-state index contributed by atoms with van der Waals surface area (Å²) in [5.74, 6) is -1.47. The zero-order valence-corrected chi connectivity index (χ0v) is 21.6. The number of hydrogen-bond acceptors (Lipinski definition) is 7. The molecule has 0 fully saturated rings. The van der Waals surface area contributed by atoms with Crippen LogP contribution >= 0.6 is 0 Å². The lowest BCUT2D eigenvalue weighted by molar-refractivity contribution is 0.0906. The Bertz CT molecular complexity index is 1670. The van der Waals surface area contributed by atoms with E-state index in [2.05, 4.69) is 30.6 Å². The Balaban J connectivity index is 1.47. The quantitative estimate of drug-likeness (QED) is 0.327. The minimum Gasteiger partial charge on any atom is -0.344 e. The van der Waals surface area contributed by atoms with Crippen molar-refractivity contribution in [3.8, 4) is 22.4 Å². The molecule has 0 bridgehead atoms. The van der Waals surface area contributed by atoms with Gasteiger partial charge >= 0.3 is 11.8 Å². The van der Waals surface area contributed by atoms with Crippen molar-refractivity contribution in [1.29, 1.82) is 0 Å². The van der Waals surface area contributed by atoms with Crippen molar-refractivity contribution < 1.29 is 22.5 Å². The largest absolute Gasteiger partial charge is 0.344 e. The maximum atomic E-state index is 15.9. The Kier molecular flexibility index (Phi) is 6.66. The van der Waals surface area contributed by atoms with Gasteiger partial charge in [0, 0.05) is 54.5 Å². The van der Waals surface area contributed by atoms with Gasteiger partial charge in [-0.15, -0.1) is 0 Å². The lowest BCUT2D eigenvalue weighted by Crippen LogP contribution is -2.25. The highest BCUT2D eigenvalue weighted by molar-refractivity contribution is 5.89. The number of alkyl halides is 2. The van der Waals surface area contributed by atoms with E-state index >= 15 is 4.39 Å². The van der Waals surface area contributed by atoms with Gasteiger partial charge in [-0.3, -0.25) is 9.48 Å². The molecule has 202 valence electrons. The second-order valence-corrected chi connectivity index (χ2v) is 10.1. The van der Waals surface area contributed by atoms with E-state index in [0.717, 1.165) is 11.1 Å². The standard InChI is InChI=1S/C26H25F3N8O2/c1-26(2,3)25-34-24(39-35-25)23(38)30-9-14-5-6-17(21(29)18(14)8-20(27)28)22-19-7-15(12-37(19)33-13-31-22)16-10-32-36(4)11-16/h5-7,10-13,20H,8-9H2,1-4H3,(H,30,38). The number of amides is 1. The van der Waals surface area contributed by atoms with Crippen LogP contribution in [0.2, 0.25) is 0 Å². The minimum absolute atomic E-state index is 0.0377. The van der Waals surface area contributed by atoms with Crippen LogP contribution in [0.5, 0.6) is 0 Å². The zero-order chi connectivity index (χ0) is 27.9. The molecule has 0 saturated heterocycles. The summed E-state index contributed by atoms with van der Waals surface area (Å²) < 4.78 is 51.1. The Labute approximate surface area is 220 Å². The van der Waals surface area contributed by atoms with Gasteiger partial charge in [-0.1, -0.05) is 32.0 Å². The highest BCUT2D eigenvalue weighted by atomic mass is 19.3. The van der Waals surface area contributed by atoms with Crippen molar-refractivity contribution in [3.63, 3.8) is 0 Å². The van der Waals surface area contributed by atoms with Crippen LogP contribution in [0, 0.1) is 5.82 Å². The summed E-state index contributed by atoms with van der Waals surface area (Å²) in [6.45, 7) is 5.36. The topological polar surface area (TPSA) is 116 Å². The van der Waals surface area contributed by atoms with Crippen LogP contribution in [0.1, 0.15) is 48.4 Å². The Hall–Kier alpha value is -4.55. The van der Waals surface area contributed by atoms with Crippen LogP contribution in [0.3, 0.4) is 0 Å². The molecule has 0 unspecified atom stereocenters. The van der Waals surface area contributed by atoms with Crippen molar-refractivity contribution in [2.45, 2.75) is 45.6 Å². The number of nitrogens with one attached hydrogen (secondary N) is 1. The second kappa shape index (κ2) is 9.97. The number of aromatic nitrogens is 7. The molecular formula is C26H25F3N8O2. The smallest absolute Gasteiger partial charge is 0.315 e. The number of hydrogen-bond donors (Lipinski definition) is 1. The lowest BCUT2D eigenvalue weighted by atomic mass is 9.96. The number of carbonyl (C=O) groups excluding carboxylic acids is 1. The number of aryl methyl sites for hydroxylation is 1. The molecular weight excluding hydrogens is 513 g/mol. The third kappa shape index (κ3) is 5.24. The van der Waals surface area contributed by atoms with Gasteiger partial charge in [-0.05, 0) is 23.3 Å². The van der Waals surface area contributed by atoms with Crippen molar-refractivity contribution in [1.82, 2.24) is 39.8 Å². The fourth-order valence-corrected chi connectivity index (χ4v) is 4.12. The predicted octanol–water partition coefficient (Wildman–Crippen LogP) is 4.35. The summed E-state index contributed by atoms with van der Waals surface area (Å²) in [4.78, 5) is 20.9. The molecule has 0 aliphatic rings. The van der Waals surface area contributed by atoms with E-state index in [1.165, 1.54) is 18.5 Å². The molecule has 10 nitrogen and oxygen atoms in total. The zero-order valence-electron chi connectivity index (χ0n) is 21.6. The summed E-state index contributed by atoms with van der Waals surface area (Å²) in [6.07, 6.45) is 2.87. The van der Waals surface area contributed by atoms with Gasteiger partial charge in [0.25, 0.3) is 0 Å². The van der Waals surface area contributed by atoms with E-state index in [4.69, 9.17) is 4.52 Å². The van der Waals surface area contributed by atoms with Crippen molar-refractivity contribution >= 4 is 11.4 Å². The molecule has 5 rings (SSSR count). The van der Waals surface area contributed by atoms with E-state index in [1.807, 2.05) is 27.0 Å². The molecule has 0 spiro atoms. The first-order chi connectivity index (χ1) is 18.5. The van der Waals surface area contributed by atoms with Gasteiger partial charge in [0.1, 0.15) is 17.8 Å². The maximum Gasteiger partial charge on any atom is 0.315 e. The van der Waals surface area contributed by atoms with Gasteiger partial charge in [-0.25, -0.2) is 22.7 Å². The first kappa shape index (κ1) is 26.1. The number of benzene rings is 1. The first-order valence-corrected chi connectivity index (χ1v) is 12.0. The molecule has 4 aromatic heterocycles. The predicted molar refractivity (Wildman–Crippen MR) is 134 cm³/mol. The van der Waals surface area contributed by atoms with Crippen molar-refractivity contribution in [2.24, 2.45) is 7.05 Å². The minimum atomic E-state index is -2.81. The summed E-state index contributed by atoms with van der Waals surface area (Å²) in [5, 5.41) is 14.7. The lowest BCUT2D eigenvalue weighted by Gasteiger charge is -2.14. The van der Waals surface area contributed by atoms with Crippen LogP contribution in [0.4, 0.5) is 13.2 Å². The Morgan fingerprint density at radius 3 is 2.62 bits per heavy atom. The monoisotopic (exact) mass is 538 g/mol. The maximum absolute atomic E-state index is 15.9. The molecule has 5 aromatic rings. The van der Waals surface area contributed by atoms with Gasteiger partial charge in [0.15, 0.2) is 5.82 Å². The van der Waals surface area contributed by atoms with E-state index in [-0.39, 0.29) is 34.8 Å². The molecule has 0 radical (unpaired) electrons. The van der Waals surface area contributed by atoms with Crippen LogP contribution in [0.15, 0.2) is 47.6 Å². The number of carbonyl (C=O) groups is 1. The Morgan fingerprint density at radius 1 is 1.15 bits per heavy atom. The number of fused-ring (bicyclic) bond motifs is 1. The molecule has 0 aliphatic heterocycles. The average Bonchev–Trinajstić information content (AvgIpc) is 3.63. The molecule has 1 amide bonds. The third-order valence-electron chi connectivity index (χ3n) is 6.13. The molecule has 0 atom stereocenters. The highest BCUT2D eigenvalue weighted by Gasteiger charge is 2.25. The summed E-state index contributed by atoms with van der Waals surface area (Å²) in [5.41, 5.74) is 1.92. The van der Waals surface area contributed by atoms with Crippen LogP contribution in [-0.2, 0) is 25.4 Å². The molecule has 1 aromatic carbocycles. The summed E-state index contributed by atoms with van der Waals surface area (Å²) >= 11 is 0. The highest BCUT2D eigenvalue weighted by Crippen LogP contribution is 2.32. The van der Waals surface area contributed by atoms with E-state index in [0.29, 0.717) is 11.3 Å². The molecule has 13 heteroatoms. The van der Waals surface area contributed by atoms with Crippen LogP contribution in [-0.4, -0.2) is 46.9 Å². The average molecular weight is 539 g/mol. The van der Waals surface area contributed by atoms with E-state index in [1.54, 1.807) is 34.7 Å². The normalized spacial score (nSPS) is 12.0. The van der Waals surface area contributed by atoms with Gasteiger partial charge < -0.3 is 9.84 Å². The van der Waals surface area contributed by atoms with Crippen LogP contribution < -0.4 is 5.32 Å². The second-order valence-electron chi connectivity index (χ2n) is 10.1. The fraction of sp³-hybridized carbons (Fsp3) is 0.308. The molecule has 0 aliphatic carbocycles. The summed E-state index contributed by atoms with van der Waals surface area (Å²) in [7, 11) is 1.79. The third-order valence-corrected chi connectivity index (χ3v) is 6.13. The van der Waals surface area contributed by atoms with E-state index < -0.39 is 30.0 Å². The van der Waals surface area contributed by atoms with Gasteiger partial charge in [0.05, 0.1) is 11.7 Å². The molecule has 0 saturated carbocycles.